The second kappa shape index (κ2) is 9.96. The Kier molecular flexibility index (Phi) is 6.57. The number of benzene rings is 1. The quantitative estimate of drug-likeness (QED) is 0.348. The molecule has 5 rings (SSSR count). The van der Waals surface area contributed by atoms with Gasteiger partial charge >= 0.3 is 0 Å². The third-order valence-electron chi connectivity index (χ3n) is 6.08. The zero-order chi connectivity index (χ0) is 25.2. The van der Waals surface area contributed by atoms with Gasteiger partial charge in [0.15, 0.2) is 5.65 Å². The van der Waals surface area contributed by atoms with E-state index >= 15 is 0 Å². The molecular formula is C24H24ClN7O4. The van der Waals surface area contributed by atoms with E-state index in [1.54, 1.807) is 42.9 Å². The Hall–Kier alpha value is -3.96. The first kappa shape index (κ1) is 23.8. The van der Waals surface area contributed by atoms with E-state index in [0.29, 0.717) is 39.8 Å². The Morgan fingerprint density at radius 2 is 2.17 bits per heavy atom. The molecule has 11 nitrogen and oxygen atoms in total. The van der Waals surface area contributed by atoms with Crippen LogP contribution in [-0.4, -0.2) is 60.6 Å². The number of aromatic nitrogens is 5. The number of carbonyl (C=O) groups is 2. The highest BCUT2D eigenvalue weighted by Crippen LogP contribution is 2.36. The van der Waals surface area contributed by atoms with Gasteiger partial charge < -0.3 is 20.5 Å². The van der Waals surface area contributed by atoms with Gasteiger partial charge in [0.2, 0.25) is 5.91 Å². The van der Waals surface area contributed by atoms with Gasteiger partial charge in [-0.25, -0.2) is 9.50 Å². The summed E-state index contributed by atoms with van der Waals surface area (Å²) in [6.07, 6.45) is 7.98. The average molecular weight is 510 g/mol. The van der Waals surface area contributed by atoms with Crippen LogP contribution in [0.2, 0.25) is 5.02 Å². The van der Waals surface area contributed by atoms with Gasteiger partial charge in [0.25, 0.3) is 5.91 Å². The van der Waals surface area contributed by atoms with Crippen molar-refractivity contribution >= 4 is 34.7 Å². The van der Waals surface area contributed by atoms with Gasteiger partial charge in [-0.15, -0.1) is 0 Å². The number of halogens is 1. The Bertz CT molecular complexity index is 1430. The topological polar surface area (TPSA) is 136 Å². The van der Waals surface area contributed by atoms with E-state index in [0.717, 1.165) is 12.8 Å². The summed E-state index contributed by atoms with van der Waals surface area (Å²) in [5.41, 5.74) is 1.95. The molecule has 2 atom stereocenters. The summed E-state index contributed by atoms with van der Waals surface area (Å²) in [7, 11) is 1.52. The van der Waals surface area contributed by atoms with Crippen LogP contribution >= 0.6 is 11.6 Å². The Morgan fingerprint density at radius 3 is 2.94 bits per heavy atom. The van der Waals surface area contributed by atoms with Crippen molar-refractivity contribution in [2.75, 3.05) is 12.4 Å². The molecule has 3 N–H and O–H groups in total. The van der Waals surface area contributed by atoms with Crippen molar-refractivity contribution in [3.63, 3.8) is 0 Å². The maximum absolute atomic E-state index is 13.2. The molecule has 12 heteroatoms. The highest BCUT2D eigenvalue weighted by atomic mass is 35.5. The predicted molar refractivity (Wildman–Crippen MR) is 132 cm³/mol. The molecule has 4 aromatic rings. The largest absolute Gasteiger partial charge is 0.496 e. The highest BCUT2D eigenvalue weighted by Gasteiger charge is 2.27. The smallest absolute Gasteiger partial charge is 0.261 e. The minimum absolute atomic E-state index is 0.104. The minimum atomic E-state index is -0.549. The molecule has 186 valence electrons. The van der Waals surface area contributed by atoms with Gasteiger partial charge in [0.05, 0.1) is 31.1 Å². The third kappa shape index (κ3) is 4.75. The summed E-state index contributed by atoms with van der Waals surface area (Å²) in [6, 6.07) is 6.50. The molecule has 0 bridgehead atoms. The maximum Gasteiger partial charge on any atom is 0.261 e. The normalized spacial score (nSPS) is 17.3. The lowest BCUT2D eigenvalue weighted by molar-refractivity contribution is -0.123. The van der Waals surface area contributed by atoms with E-state index in [1.807, 2.05) is 0 Å². The molecule has 3 aromatic heterocycles. The minimum Gasteiger partial charge on any atom is -0.496 e. The van der Waals surface area contributed by atoms with Crippen LogP contribution in [0.3, 0.4) is 0 Å². The van der Waals surface area contributed by atoms with Crippen molar-refractivity contribution in [3.05, 3.63) is 59.6 Å². The van der Waals surface area contributed by atoms with Crippen LogP contribution in [0.5, 0.6) is 5.75 Å². The van der Waals surface area contributed by atoms with Crippen LogP contribution < -0.4 is 15.4 Å². The number of hydrogen-bond donors (Lipinski definition) is 3. The van der Waals surface area contributed by atoms with Crippen molar-refractivity contribution in [2.24, 2.45) is 0 Å². The molecule has 1 aliphatic rings. The van der Waals surface area contributed by atoms with Gasteiger partial charge in [-0.2, -0.15) is 10.2 Å². The molecule has 0 aliphatic heterocycles. The first-order valence-electron chi connectivity index (χ1n) is 11.4. The van der Waals surface area contributed by atoms with Crippen LogP contribution in [0.4, 0.5) is 5.69 Å². The van der Waals surface area contributed by atoms with E-state index in [2.05, 4.69) is 25.8 Å². The molecule has 0 spiro atoms. The first-order valence-corrected chi connectivity index (χ1v) is 11.8. The molecule has 1 aliphatic carbocycles. The average Bonchev–Trinajstić information content (AvgIpc) is 3.58. The zero-order valence-electron chi connectivity index (χ0n) is 19.4. The summed E-state index contributed by atoms with van der Waals surface area (Å²) in [5.74, 6) is -0.238. The molecule has 0 saturated heterocycles. The fraction of sp³-hybridized carbons (Fsp3) is 0.292. The van der Waals surface area contributed by atoms with Crippen LogP contribution in [0.25, 0.3) is 16.9 Å². The lowest BCUT2D eigenvalue weighted by Gasteiger charge is -2.16. The molecule has 2 amide bonds. The molecular weight excluding hydrogens is 486 g/mol. The van der Waals surface area contributed by atoms with Gasteiger partial charge in [-0.1, -0.05) is 11.6 Å². The van der Waals surface area contributed by atoms with E-state index in [1.165, 1.54) is 22.5 Å². The SMILES string of the molecule is COc1ccc(Cl)cc1-c1nn(CC(=O)NC2CCCC2O)cc1NC(=O)c1cnn2cccnc12. The summed E-state index contributed by atoms with van der Waals surface area (Å²) in [6.45, 7) is -0.104. The molecule has 1 aromatic carbocycles. The van der Waals surface area contributed by atoms with Gasteiger partial charge in [0.1, 0.15) is 23.6 Å². The van der Waals surface area contributed by atoms with Crippen LogP contribution in [0.1, 0.15) is 29.6 Å². The highest BCUT2D eigenvalue weighted by molar-refractivity contribution is 6.31. The van der Waals surface area contributed by atoms with Gasteiger partial charge in [-0.05, 0) is 43.5 Å². The van der Waals surface area contributed by atoms with Crippen molar-refractivity contribution in [2.45, 2.75) is 38.0 Å². The van der Waals surface area contributed by atoms with Crippen LogP contribution in [0.15, 0.2) is 49.1 Å². The number of nitrogens with zero attached hydrogens (tertiary/aromatic N) is 5. The fourth-order valence-electron chi connectivity index (χ4n) is 4.34. The number of methoxy groups -OCH3 is 1. The number of amides is 2. The third-order valence-corrected chi connectivity index (χ3v) is 6.32. The maximum atomic E-state index is 13.2. The standard InChI is InChI=1S/C24H24ClN7O4/c1-36-20-7-6-14(25)10-15(20)22-18(29-24(35)16-11-27-32-9-3-8-26-23(16)32)12-31(30-22)13-21(34)28-17-4-2-5-19(17)33/h3,6-12,17,19,33H,2,4-5,13H2,1H3,(H,28,34)(H,29,35). The van der Waals surface area contributed by atoms with E-state index in [-0.39, 0.29) is 24.1 Å². The summed E-state index contributed by atoms with van der Waals surface area (Å²) in [4.78, 5) is 30.1. The van der Waals surface area contributed by atoms with E-state index < -0.39 is 12.0 Å². The van der Waals surface area contributed by atoms with Gasteiger partial charge in [-0.3, -0.25) is 14.3 Å². The predicted octanol–water partition coefficient (Wildman–Crippen LogP) is 2.54. The molecule has 36 heavy (non-hydrogen) atoms. The molecule has 3 heterocycles. The van der Waals surface area contributed by atoms with Crippen LogP contribution in [0, 0.1) is 0 Å². The summed E-state index contributed by atoms with van der Waals surface area (Å²) >= 11 is 6.24. The van der Waals surface area contributed by atoms with Crippen molar-refractivity contribution in [1.82, 2.24) is 29.7 Å². The first-order chi connectivity index (χ1) is 17.4. The molecule has 1 fully saturated rings. The number of aliphatic hydroxyl groups is 1. The summed E-state index contributed by atoms with van der Waals surface area (Å²) < 4.78 is 8.41. The van der Waals surface area contributed by atoms with Crippen molar-refractivity contribution < 1.29 is 19.4 Å². The second-order valence-electron chi connectivity index (χ2n) is 8.51. The molecule has 0 radical (unpaired) electrons. The molecule has 1 saturated carbocycles. The lowest BCUT2D eigenvalue weighted by atomic mass is 10.1. The van der Waals surface area contributed by atoms with Gasteiger partial charge in [0, 0.05) is 29.2 Å². The number of ether oxygens (including phenoxy) is 1. The van der Waals surface area contributed by atoms with E-state index in [9.17, 15) is 14.7 Å². The van der Waals surface area contributed by atoms with E-state index in [4.69, 9.17) is 16.3 Å². The second-order valence-corrected chi connectivity index (χ2v) is 8.94. The number of nitrogens with one attached hydrogen (secondary N) is 2. The number of carbonyl (C=O) groups excluding carboxylic acids is 2. The summed E-state index contributed by atoms with van der Waals surface area (Å²) in [5, 5.41) is 24.9. The Morgan fingerprint density at radius 1 is 1.31 bits per heavy atom. The molecule has 2 unspecified atom stereocenters. The Labute approximate surface area is 211 Å². The van der Waals surface area contributed by atoms with Crippen molar-refractivity contribution in [1.29, 1.82) is 0 Å². The fourth-order valence-corrected chi connectivity index (χ4v) is 4.52. The number of aliphatic hydroxyl groups excluding tert-OH is 1. The van der Waals surface area contributed by atoms with Crippen LogP contribution in [-0.2, 0) is 11.3 Å². The number of rotatable bonds is 7. The zero-order valence-corrected chi connectivity index (χ0v) is 20.1. The number of hydrogen-bond acceptors (Lipinski definition) is 7. The monoisotopic (exact) mass is 509 g/mol. The Balaban J connectivity index is 1.47. The number of fused-ring (bicyclic) bond motifs is 1. The number of anilines is 1. The van der Waals surface area contributed by atoms with Crippen molar-refractivity contribution in [3.8, 4) is 17.0 Å². The lowest BCUT2D eigenvalue weighted by Crippen LogP contribution is -2.41.